The van der Waals surface area contributed by atoms with Crippen molar-refractivity contribution in [3.63, 3.8) is 0 Å². The highest BCUT2D eigenvalue weighted by molar-refractivity contribution is 5.88. The van der Waals surface area contributed by atoms with Crippen LogP contribution in [0.3, 0.4) is 0 Å². The highest BCUT2D eigenvalue weighted by Gasteiger charge is 2.28. The molecule has 4 rings (SSSR count). The number of H-pyrrole nitrogens is 2. The van der Waals surface area contributed by atoms with E-state index in [1.807, 2.05) is 55.5 Å². The average molecular weight is 693 g/mol. The number of nitrogens with zero attached hydrogens (tertiary/aromatic N) is 4. The molecule has 264 valence electrons. The molecule has 2 aromatic carbocycles. The molecule has 4 N–H and O–H groups in total. The van der Waals surface area contributed by atoms with Crippen LogP contribution in [0.5, 0.6) is 0 Å². The van der Waals surface area contributed by atoms with E-state index >= 15 is 0 Å². The largest absolute Gasteiger partial charge is 0.453 e. The fraction of sp³-hybridized carbons (Fsp3) is 0.297. The second kappa shape index (κ2) is 16.7. The number of rotatable bonds is 10. The monoisotopic (exact) mass is 692 g/mol. The van der Waals surface area contributed by atoms with Crippen molar-refractivity contribution >= 4 is 24.0 Å². The zero-order valence-corrected chi connectivity index (χ0v) is 29.4. The molecule has 14 nitrogen and oxygen atoms in total. The lowest BCUT2D eigenvalue weighted by molar-refractivity contribution is -0.134. The lowest BCUT2D eigenvalue weighted by Crippen LogP contribution is -2.47. The maximum Gasteiger partial charge on any atom is 0.408 e. The molecular weight excluding hydrogens is 652 g/mol. The van der Waals surface area contributed by atoms with Crippen molar-refractivity contribution in [2.75, 3.05) is 28.3 Å². The number of aromatic amines is 2. The van der Waals surface area contributed by atoms with Crippen molar-refractivity contribution in [2.24, 2.45) is 0 Å². The maximum absolute atomic E-state index is 12.8. The summed E-state index contributed by atoms with van der Waals surface area (Å²) in [5.74, 6) is 9.02. The van der Waals surface area contributed by atoms with Gasteiger partial charge in [0.05, 0.1) is 50.1 Å². The van der Waals surface area contributed by atoms with Crippen LogP contribution >= 0.6 is 0 Å². The summed E-state index contributed by atoms with van der Waals surface area (Å²) in [5, 5.41) is 4.81. The van der Waals surface area contributed by atoms with Gasteiger partial charge in [0, 0.05) is 25.2 Å². The molecule has 0 aliphatic carbocycles. The topological polar surface area (TPSA) is 175 Å². The number of ether oxygens (including phenoxy) is 2. The summed E-state index contributed by atoms with van der Waals surface area (Å²) in [6.07, 6.45) is 7.37. The summed E-state index contributed by atoms with van der Waals surface area (Å²) in [7, 11) is 5.66. The minimum atomic E-state index is -1.17. The Labute approximate surface area is 296 Å². The van der Waals surface area contributed by atoms with Crippen molar-refractivity contribution in [2.45, 2.75) is 44.9 Å². The minimum Gasteiger partial charge on any atom is -0.453 e. The maximum atomic E-state index is 12.8. The fourth-order valence-corrected chi connectivity index (χ4v) is 4.91. The van der Waals surface area contributed by atoms with Crippen LogP contribution in [-0.4, -0.2) is 94.1 Å². The van der Waals surface area contributed by atoms with Crippen LogP contribution in [0.2, 0.25) is 0 Å². The number of likely N-dealkylation sites (N-methyl/N-ethyl adjacent to an activating group) is 2. The van der Waals surface area contributed by atoms with Crippen molar-refractivity contribution in [1.82, 2.24) is 40.4 Å². The minimum absolute atomic E-state index is 0.282. The summed E-state index contributed by atoms with van der Waals surface area (Å²) in [4.78, 5) is 67.0. The van der Waals surface area contributed by atoms with Gasteiger partial charge in [-0.2, -0.15) is 0 Å². The molecule has 0 spiro atoms. The molecule has 2 aromatic heterocycles. The molecule has 4 aromatic rings. The second-order valence-corrected chi connectivity index (χ2v) is 11.6. The molecule has 4 amide bonds. The third-order valence-electron chi connectivity index (χ3n) is 8.33. The Bertz CT molecular complexity index is 1970. The number of carbonyl (C=O) groups is 4. The summed E-state index contributed by atoms with van der Waals surface area (Å²) in [6, 6.07) is 12.6. The van der Waals surface area contributed by atoms with E-state index in [0.717, 1.165) is 33.6 Å². The standard InChI is InChI=1S/C37H40N8O6/c1-9-29(43-37(49)51-8)35(47)45(6)24(4)33-39-21-31(42-33)28-18-14-26(15-19-28)11-10-25-12-16-27(17-13-25)30-20-38-32(41-30)23(3)44(5)34(46)22(2)40-36(48)50-7/h1,12-24,29H,2-8H3,(H,38,41)(H,39,42)(H,40,48)(H,43,49)/t22-,23-,24-,29-/m0/s1. The zero-order valence-electron chi connectivity index (χ0n) is 29.4. The molecule has 0 aliphatic heterocycles. The third kappa shape index (κ3) is 9.13. The van der Waals surface area contributed by atoms with Gasteiger partial charge in [-0.1, -0.05) is 42.0 Å². The first-order valence-corrected chi connectivity index (χ1v) is 15.9. The molecule has 0 radical (unpaired) electrons. The Kier molecular flexibility index (Phi) is 12.2. The molecule has 0 saturated carbocycles. The van der Waals surface area contributed by atoms with Gasteiger partial charge in [-0.3, -0.25) is 14.9 Å². The number of nitrogens with one attached hydrogen (secondary N) is 4. The Morgan fingerprint density at radius 2 is 1.12 bits per heavy atom. The summed E-state index contributed by atoms with van der Waals surface area (Å²) < 4.78 is 9.12. The molecule has 0 saturated heterocycles. The van der Waals surface area contributed by atoms with Crippen LogP contribution < -0.4 is 10.6 Å². The predicted octanol–water partition coefficient (Wildman–Crippen LogP) is 4.01. The van der Waals surface area contributed by atoms with Gasteiger partial charge >= 0.3 is 12.2 Å². The van der Waals surface area contributed by atoms with E-state index in [-0.39, 0.29) is 11.9 Å². The predicted molar refractivity (Wildman–Crippen MR) is 190 cm³/mol. The molecule has 0 bridgehead atoms. The Balaban J connectivity index is 1.36. The molecule has 0 aliphatic rings. The molecular formula is C37H40N8O6. The third-order valence-corrected chi connectivity index (χ3v) is 8.33. The first-order chi connectivity index (χ1) is 24.4. The van der Waals surface area contributed by atoms with E-state index in [9.17, 15) is 19.2 Å². The smallest absolute Gasteiger partial charge is 0.408 e. The van der Waals surface area contributed by atoms with Gasteiger partial charge < -0.3 is 34.6 Å². The van der Waals surface area contributed by atoms with Gasteiger partial charge in [-0.15, -0.1) is 6.42 Å². The number of imidazole rings is 2. The summed E-state index contributed by atoms with van der Waals surface area (Å²) in [5.41, 5.74) is 4.98. The number of amides is 4. The van der Waals surface area contributed by atoms with Crippen LogP contribution in [0.25, 0.3) is 22.5 Å². The quantitative estimate of drug-likeness (QED) is 0.180. The SMILES string of the molecule is C#C[C@H](NC(=O)OC)C(=O)N(C)[C@@H](C)c1ncc(-c2ccc(C#Cc3ccc(-c4cnc([C@H](C)N(C)C(=O)[C@H](C)NC(=O)OC)[nH]4)cc3)cc2)[nH]1. The fourth-order valence-electron chi connectivity index (χ4n) is 4.91. The van der Waals surface area contributed by atoms with Gasteiger partial charge in [0.1, 0.15) is 17.7 Å². The first kappa shape index (κ1) is 37.3. The molecule has 2 heterocycles. The van der Waals surface area contributed by atoms with Gasteiger partial charge in [-0.05, 0) is 56.2 Å². The van der Waals surface area contributed by atoms with Crippen LogP contribution in [-0.2, 0) is 19.1 Å². The van der Waals surface area contributed by atoms with Crippen molar-refractivity contribution in [3.05, 3.63) is 83.7 Å². The number of alkyl carbamates (subject to hydrolysis) is 2. The lowest BCUT2D eigenvalue weighted by atomic mass is 10.1. The normalized spacial score (nSPS) is 12.8. The van der Waals surface area contributed by atoms with Crippen molar-refractivity contribution in [1.29, 1.82) is 0 Å². The number of methoxy groups -OCH3 is 2. The molecule has 14 heteroatoms. The van der Waals surface area contributed by atoms with Gasteiger partial charge in [-0.25, -0.2) is 19.6 Å². The van der Waals surface area contributed by atoms with Crippen LogP contribution in [0.4, 0.5) is 9.59 Å². The lowest BCUT2D eigenvalue weighted by Gasteiger charge is -2.26. The Morgan fingerprint density at radius 3 is 1.53 bits per heavy atom. The number of terminal acetylenes is 1. The number of benzene rings is 2. The number of hydrogen-bond acceptors (Lipinski definition) is 8. The first-order valence-electron chi connectivity index (χ1n) is 15.9. The van der Waals surface area contributed by atoms with Gasteiger partial charge in [0.2, 0.25) is 5.91 Å². The molecule has 0 fully saturated rings. The Hall–Kier alpha value is -6.54. The number of carbonyl (C=O) groups excluding carboxylic acids is 4. The highest BCUT2D eigenvalue weighted by Crippen LogP contribution is 2.24. The summed E-state index contributed by atoms with van der Waals surface area (Å²) in [6.45, 7) is 5.23. The van der Waals surface area contributed by atoms with E-state index in [4.69, 9.17) is 6.42 Å². The molecule has 0 unspecified atom stereocenters. The van der Waals surface area contributed by atoms with Crippen molar-refractivity contribution in [3.8, 4) is 46.7 Å². The van der Waals surface area contributed by atoms with Crippen LogP contribution in [0.1, 0.15) is 55.6 Å². The average Bonchev–Trinajstić information content (AvgIpc) is 3.86. The van der Waals surface area contributed by atoms with Crippen LogP contribution in [0.15, 0.2) is 60.9 Å². The van der Waals surface area contributed by atoms with Gasteiger partial charge in [0.25, 0.3) is 5.91 Å². The molecule has 4 atom stereocenters. The van der Waals surface area contributed by atoms with E-state index in [1.54, 1.807) is 40.3 Å². The highest BCUT2D eigenvalue weighted by atomic mass is 16.5. The number of aromatic nitrogens is 4. The number of hydrogen-bond donors (Lipinski definition) is 4. The zero-order chi connectivity index (χ0) is 37.2. The van der Waals surface area contributed by atoms with E-state index in [1.165, 1.54) is 24.0 Å². The second-order valence-electron chi connectivity index (χ2n) is 11.6. The summed E-state index contributed by atoms with van der Waals surface area (Å²) >= 11 is 0. The van der Waals surface area contributed by atoms with Gasteiger partial charge in [0.15, 0.2) is 6.04 Å². The van der Waals surface area contributed by atoms with Crippen molar-refractivity contribution < 1.29 is 28.7 Å². The van der Waals surface area contributed by atoms with E-state index in [0.29, 0.717) is 11.6 Å². The van der Waals surface area contributed by atoms with Crippen LogP contribution in [0, 0.1) is 24.2 Å². The Morgan fingerprint density at radius 1 is 0.706 bits per heavy atom. The van der Waals surface area contributed by atoms with E-state index < -0.39 is 36.2 Å². The van der Waals surface area contributed by atoms with E-state index in [2.05, 4.69) is 57.8 Å². The molecule has 51 heavy (non-hydrogen) atoms.